The van der Waals surface area contributed by atoms with Gasteiger partial charge in [0.1, 0.15) is 5.69 Å². The van der Waals surface area contributed by atoms with Gasteiger partial charge in [-0.2, -0.15) is 0 Å². The van der Waals surface area contributed by atoms with Crippen molar-refractivity contribution in [3.8, 4) is 0 Å². The summed E-state index contributed by atoms with van der Waals surface area (Å²) in [5.74, 6) is -1.16. The molecule has 0 spiro atoms. The third kappa shape index (κ3) is 3.53. The van der Waals surface area contributed by atoms with E-state index in [-0.39, 0.29) is 12.3 Å². The van der Waals surface area contributed by atoms with Gasteiger partial charge in [0.2, 0.25) is 0 Å². The zero-order valence-electron chi connectivity index (χ0n) is 10.8. The summed E-state index contributed by atoms with van der Waals surface area (Å²) >= 11 is 0. The van der Waals surface area contributed by atoms with Crippen LogP contribution in [0, 0.1) is 0 Å². The highest BCUT2D eigenvalue weighted by Crippen LogP contribution is 2.31. The van der Waals surface area contributed by atoms with Crippen LogP contribution >= 0.6 is 0 Å². The maximum absolute atomic E-state index is 12.1. The zero-order valence-corrected chi connectivity index (χ0v) is 10.8. The van der Waals surface area contributed by atoms with Gasteiger partial charge in [-0.3, -0.25) is 14.6 Å². The van der Waals surface area contributed by atoms with E-state index in [9.17, 15) is 9.59 Å². The Morgan fingerprint density at radius 2 is 2.00 bits per heavy atom. The van der Waals surface area contributed by atoms with Crippen LogP contribution < -0.4 is 5.32 Å². The van der Waals surface area contributed by atoms with Gasteiger partial charge in [-0.15, -0.1) is 0 Å². The Kier molecular flexibility index (Phi) is 4.14. The molecule has 1 aromatic heterocycles. The van der Waals surface area contributed by atoms with Gasteiger partial charge in [-0.25, -0.2) is 0 Å². The number of nitrogens with one attached hydrogen (secondary N) is 1. The molecule has 1 heterocycles. The van der Waals surface area contributed by atoms with Gasteiger partial charge >= 0.3 is 5.97 Å². The Morgan fingerprint density at radius 3 is 2.58 bits per heavy atom. The second-order valence-corrected chi connectivity index (χ2v) is 5.08. The fraction of sp³-hybridized carbons (Fsp3) is 0.500. The number of nitrogens with zero attached hydrogens (tertiary/aromatic N) is 1. The lowest BCUT2D eigenvalue weighted by Crippen LogP contribution is -2.51. The van der Waals surface area contributed by atoms with E-state index in [2.05, 4.69) is 10.3 Å². The third-order valence-corrected chi connectivity index (χ3v) is 3.58. The predicted molar refractivity (Wildman–Crippen MR) is 69.8 cm³/mol. The van der Waals surface area contributed by atoms with E-state index in [0.29, 0.717) is 5.69 Å². The van der Waals surface area contributed by atoms with E-state index in [1.807, 2.05) is 0 Å². The first kappa shape index (κ1) is 13.5. The standard InChI is InChI=1S/C14H18N2O3/c17-12(18)10-14(7-3-1-4-8-14)16-13(19)11-6-2-5-9-15-11/h2,5-6,9H,1,3-4,7-8,10H2,(H,16,19)(H,17,18). The number of hydrogen-bond donors (Lipinski definition) is 2. The van der Waals surface area contributed by atoms with Gasteiger partial charge in [0, 0.05) is 6.20 Å². The number of hydrogen-bond acceptors (Lipinski definition) is 3. The van der Waals surface area contributed by atoms with E-state index >= 15 is 0 Å². The van der Waals surface area contributed by atoms with Gasteiger partial charge in [0.05, 0.1) is 12.0 Å². The normalized spacial score (nSPS) is 17.7. The summed E-state index contributed by atoms with van der Waals surface area (Å²) in [4.78, 5) is 27.2. The highest BCUT2D eigenvalue weighted by atomic mass is 16.4. The van der Waals surface area contributed by atoms with Crippen LogP contribution in [0.4, 0.5) is 0 Å². The Hall–Kier alpha value is -1.91. The molecule has 0 atom stereocenters. The van der Waals surface area contributed by atoms with E-state index in [0.717, 1.165) is 32.1 Å². The second-order valence-electron chi connectivity index (χ2n) is 5.08. The largest absolute Gasteiger partial charge is 0.481 e. The molecule has 2 rings (SSSR count). The van der Waals surface area contributed by atoms with Crippen molar-refractivity contribution in [1.29, 1.82) is 0 Å². The summed E-state index contributed by atoms with van der Waals surface area (Å²) in [6.45, 7) is 0. The molecule has 19 heavy (non-hydrogen) atoms. The van der Waals surface area contributed by atoms with Gasteiger partial charge in [0.25, 0.3) is 5.91 Å². The summed E-state index contributed by atoms with van der Waals surface area (Å²) in [6, 6.07) is 5.11. The van der Waals surface area contributed by atoms with Crippen molar-refractivity contribution in [2.75, 3.05) is 0 Å². The fourth-order valence-electron chi connectivity index (χ4n) is 2.67. The molecule has 0 aliphatic heterocycles. The number of aliphatic carboxylic acids is 1. The summed E-state index contributed by atoms with van der Waals surface area (Å²) in [6.07, 6.45) is 5.98. The number of pyridine rings is 1. The van der Waals surface area contributed by atoms with Crippen LogP contribution in [0.25, 0.3) is 0 Å². The smallest absolute Gasteiger partial charge is 0.305 e. The molecule has 5 nitrogen and oxygen atoms in total. The van der Waals surface area contributed by atoms with E-state index < -0.39 is 11.5 Å². The topological polar surface area (TPSA) is 79.3 Å². The van der Waals surface area contributed by atoms with Crippen LogP contribution in [0.5, 0.6) is 0 Å². The predicted octanol–water partition coefficient (Wildman–Crippen LogP) is 1.99. The summed E-state index contributed by atoms with van der Waals surface area (Å²) < 4.78 is 0. The third-order valence-electron chi connectivity index (χ3n) is 3.58. The number of amides is 1. The van der Waals surface area contributed by atoms with Gasteiger partial charge < -0.3 is 10.4 Å². The minimum absolute atomic E-state index is 0.0222. The molecule has 2 N–H and O–H groups in total. The molecule has 0 unspecified atom stereocenters. The van der Waals surface area contributed by atoms with Crippen molar-refractivity contribution < 1.29 is 14.7 Å². The van der Waals surface area contributed by atoms with E-state index in [4.69, 9.17) is 5.11 Å². The van der Waals surface area contributed by atoms with Gasteiger partial charge in [-0.05, 0) is 25.0 Å². The fourth-order valence-corrected chi connectivity index (χ4v) is 2.67. The molecule has 0 radical (unpaired) electrons. The van der Waals surface area contributed by atoms with Crippen molar-refractivity contribution in [2.45, 2.75) is 44.1 Å². The van der Waals surface area contributed by atoms with E-state index in [1.165, 1.54) is 0 Å². The van der Waals surface area contributed by atoms with Crippen LogP contribution in [-0.2, 0) is 4.79 Å². The van der Waals surface area contributed by atoms with E-state index in [1.54, 1.807) is 24.4 Å². The second kappa shape index (κ2) is 5.82. The summed E-state index contributed by atoms with van der Waals surface area (Å²) in [7, 11) is 0. The minimum Gasteiger partial charge on any atom is -0.481 e. The molecule has 5 heteroatoms. The van der Waals surface area contributed by atoms with Crippen molar-refractivity contribution in [3.05, 3.63) is 30.1 Å². The average Bonchev–Trinajstić information content (AvgIpc) is 2.39. The van der Waals surface area contributed by atoms with Crippen LogP contribution in [-0.4, -0.2) is 27.5 Å². The number of carbonyl (C=O) groups is 2. The lowest BCUT2D eigenvalue weighted by Gasteiger charge is -2.36. The number of carboxylic acids is 1. The summed E-state index contributed by atoms with van der Waals surface area (Å²) in [5.41, 5.74) is -0.281. The first-order chi connectivity index (χ1) is 9.11. The molecule has 1 amide bonds. The highest BCUT2D eigenvalue weighted by molar-refractivity contribution is 5.93. The Labute approximate surface area is 112 Å². The maximum Gasteiger partial charge on any atom is 0.305 e. The van der Waals surface area contributed by atoms with Crippen molar-refractivity contribution in [2.24, 2.45) is 0 Å². The number of rotatable bonds is 4. The van der Waals surface area contributed by atoms with Crippen molar-refractivity contribution in [3.63, 3.8) is 0 Å². The molecule has 1 aliphatic carbocycles. The molecule has 0 aromatic carbocycles. The summed E-state index contributed by atoms with van der Waals surface area (Å²) in [5, 5.41) is 11.9. The highest BCUT2D eigenvalue weighted by Gasteiger charge is 2.36. The maximum atomic E-state index is 12.1. The van der Waals surface area contributed by atoms with Crippen LogP contribution in [0.3, 0.4) is 0 Å². The first-order valence-electron chi connectivity index (χ1n) is 6.57. The molecule has 1 aromatic rings. The SMILES string of the molecule is O=C(O)CC1(NC(=O)c2ccccn2)CCCCC1. The van der Waals surface area contributed by atoms with Crippen molar-refractivity contribution >= 4 is 11.9 Å². The number of carboxylic acid groups (broad SMARTS) is 1. The van der Waals surface area contributed by atoms with Gasteiger partial charge in [0.15, 0.2) is 0 Å². The lowest BCUT2D eigenvalue weighted by atomic mass is 9.79. The Bertz CT molecular complexity index is 453. The molecule has 1 aliphatic rings. The zero-order chi connectivity index (χ0) is 13.7. The molecule has 102 valence electrons. The molecule has 1 fully saturated rings. The number of aromatic nitrogens is 1. The molecule has 0 bridgehead atoms. The number of carbonyl (C=O) groups excluding carboxylic acids is 1. The Balaban J connectivity index is 2.11. The van der Waals surface area contributed by atoms with Gasteiger partial charge in [-0.1, -0.05) is 25.3 Å². The van der Waals surface area contributed by atoms with Crippen LogP contribution in [0.1, 0.15) is 49.0 Å². The monoisotopic (exact) mass is 262 g/mol. The van der Waals surface area contributed by atoms with Crippen molar-refractivity contribution in [1.82, 2.24) is 10.3 Å². The first-order valence-corrected chi connectivity index (χ1v) is 6.57. The quantitative estimate of drug-likeness (QED) is 0.869. The Morgan fingerprint density at radius 1 is 1.26 bits per heavy atom. The molecular weight excluding hydrogens is 244 g/mol. The molecular formula is C14H18N2O3. The minimum atomic E-state index is -0.872. The lowest BCUT2D eigenvalue weighted by molar-refractivity contribution is -0.139. The molecule has 0 saturated heterocycles. The van der Waals surface area contributed by atoms with Crippen LogP contribution in [0.2, 0.25) is 0 Å². The average molecular weight is 262 g/mol. The van der Waals surface area contributed by atoms with Crippen LogP contribution in [0.15, 0.2) is 24.4 Å². The molecule has 1 saturated carbocycles.